The zero-order valence-corrected chi connectivity index (χ0v) is 14.1. The Bertz CT molecular complexity index is 683. The van der Waals surface area contributed by atoms with Crippen molar-refractivity contribution in [3.8, 4) is 0 Å². The largest absolute Gasteiger partial charge is 0.330 e. The quantitative estimate of drug-likeness (QED) is 0.926. The lowest BCUT2D eigenvalue weighted by Crippen LogP contribution is -2.92. The average molecular weight is 309 g/mol. The molecule has 3 nitrogen and oxygen atoms in total. The number of nitrogens with zero attached hydrogens (tertiary/aromatic N) is 1. The van der Waals surface area contributed by atoms with Gasteiger partial charge in [-0.25, -0.2) is 0 Å². The molecule has 2 N–H and O–H groups in total. The number of amides is 1. The van der Waals surface area contributed by atoms with Crippen LogP contribution in [0.4, 0.5) is 5.69 Å². The third-order valence-corrected chi connectivity index (χ3v) is 4.74. The molecule has 0 aliphatic carbocycles. The van der Waals surface area contributed by atoms with Gasteiger partial charge in [0.2, 0.25) is 0 Å². The number of carbonyl (C=O) groups excluding carboxylic acids is 1. The van der Waals surface area contributed by atoms with Crippen molar-refractivity contribution in [1.82, 2.24) is 0 Å². The Morgan fingerprint density at radius 2 is 1.74 bits per heavy atom. The second-order valence-corrected chi connectivity index (χ2v) is 6.57. The molecule has 0 bridgehead atoms. The van der Waals surface area contributed by atoms with Crippen molar-refractivity contribution in [2.24, 2.45) is 0 Å². The summed E-state index contributed by atoms with van der Waals surface area (Å²) in [6.45, 7) is 6.29. The van der Waals surface area contributed by atoms with Crippen LogP contribution in [0.5, 0.6) is 0 Å². The van der Waals surface area contributed by atoms with E-state index >= 15 is 0 Å². The van der Waals surface area contributed by atoms with E-state index in [0.29, 0.717) is 0 Å². The number of fused-ring (bicyclic) bond motifs is 1. The van der Waals surface area contributed by atoms with E-state index in [1.807, 2.05) is 42.2 Å². The minimum absolute atomic E-state index is 0.0983. The molecule has 3 atom stereocenters. The molecule has 0 saturated heterocycles. The van der Waals surface area contributed by atoms with Crippen LogP contribution in [0.15, 0.2) is 54.6 Å². The third kappa shape index (κ3) is 3.15. The van der Waals surface area contributed by atoms with E-state index in [0.717, 1.165) is 12.1 Å². The summed E-state index contributed by atoms with van der Waals surface area (Å²) in [6.07, 6.45) is 0.947. The number of benzene rings is 2. The Hall–Kier alpha value is -2.13. The lowest BCUT2D eigenvalue weighted by molar-refractivity contribution is -0.710. The maximum Gasteiger partial charge on any atom is 0.285 e. The van der Waals surface area contributed by atoms with Crippen molar-refractivity contribution in [3.05, 3.63) is 65.7 Å². The Morgan fingerprint density at radius 1 is 1.09 bits per heavy atom. The Morgan fingerprint density at radius 3 is 2.48 bits per heavy atom. The highest BCUT2D eigenvalue weighted by atomic mass is 16.2. The van der Waals surface area contributed by atoms with Gasteiger partial charge in [-0.2, -0.15) is 0 Å². The van der Waals surface area contributed by atoms with Gasteiger partial charge in [0.25, 0.3) is 5.91 Å². The second-order valence-electron chi connectivity index (χ2n) is 6.57. The number of hydrogen-bond donors (Lipinski definition) is 1. The highest BCUT2D eigenvalue weighted by Gasteiger charge is 2.35. The standard InChI is InChI=1S/C20H24N2O/c1-14-13-18-11-7-8-12-19(18)22(14)20(23)16(3)21-15(2)17-9-5-4-6-10-17/h4-12,14-16,21H,13H2,1-3H3/p+1/t14-,15-,16-/m0/s1. The highest BCUT2D eigenvalue weighted by Crippen LogP contribution is 2.32. The number of rotatable bonds is 4. The molecule has 120 valence electrons. The first-order chi connectivity index (χ1) is 11.1. The predicted octanol–water partition coefficient (Wildman–Crippen LogP) is 2.68. The van der Waals surface area contributed by atoms with Crippen LogP contribution in [0.3, 0.4) is 0 Å². The first-order valence-corrected chi connectivity index (χ1v) is 8.39. The molecular formula is C20H25N2O+. The lowest BCUT2D eigenvalue weighted by Gasteiger charge is -2.26. The molecule has 1 amide bonds. The van der Waals surface area contributed by atoms with Gasteiger partial charge in [0, 0.05) is 17.3 Å². The van der Waals surface area contributed by atoms with Gasteiger partial charge in [0.05, 0.1) is 0 Å². The van der Waals surface area contributed by atoms with Gasteiger partial charge >= 0.3 is 0 Å². The zero-order chi connectivity index (χ0) is 16.4. The van der Waals surface area contributed by atoms with Crippen molar-refractivity contribution in [1.29, 1.82) is 0 Å². The summed E-state index contributed by atoms with van der Waals surface area (Å²) < 4.78 is 0. The van der Waals surface area contributed by atoms with Gasteiger partial charge in [-0.15, -0.1) is 0 Å². The number of carbonyl (C=O) groups is 1. The number of nitrogens with two attached hydrogens (primary N) is 1. The highest BCUT2D eigenvalue weighted by molar-refractivity contribution is 5.98. The fourth-order valence-electron chi connectivity index (χ4n) is 3.50. The summed E-state index contributed by atoms with van der Waals surface area (Å²) in [6, 6.07) is 19.0. The van der Waals surface area contributed by atoms with Crippen LogP contribution >= 0.6 is 0 Å². The van der Waals surface area contributed by atoms with E-state index in [1.165, 1.54) is 11.1 Å². The van der Waals surface area contributed by atoms with Crippen LogP contribution in [0, 0.1) is 0 Å². The number of hydrogen-bond acceptors (Lipinski definition) is 1. The van der Waals surface area contributed by atoms with E-state index in [9.17, 15) is 4.79 Å². The van der Waals surface area contributed by atoms with Crippen molar-refractivity contribution < 1.29 is 10.1 Å². The minimum atomic E-state index is -0.0983. The molecule has 0 saturated carbocycles. The predicted molar refractivity (Wildman–Crippen MR) is 93.3 cm³/mol. The van der Waals surface area contributed by atoms with Crippen LogP contribution in [-0.2, 0) is 11.2 Å². The Labute approximate surface area is 138 Å². The van der Waals surface area contributed by atoms with Gasteiger partial charge < -0.3 is 10.2 Å². The van der Waals surface area contributed by atoms with Gasteiger partial charge in [0.15, 0.2) is 6.04 Å². The van der Waals surface area contributed by atoms with Crippen LogP contribution < -0.4 is 10.2 Å². The summed E-state index contributed by atoms with van der Waals surface area (Å²) in [4.78, 5) is 15.0. The molecule has 1 heterocycles. The van der Waals surface area contributed by atoms with Crippen LogP contribution in [0.2, 0.25) is 0 Å². The van der Waals surface area contributed by atoms with E-state index < -0.39 is 0 Å². The molecule has 1 aliphatic heterocycles. The molecule has 0 fully saturated rings. The lowest BCUT2D eigenvalue weighted by atomic mass is 10.1. The fraction of sp³-hybridized carbons (Fsp3) is 0.350. The maximum atomic E-state index is 13.0. The summed E-state index contributed by atoms with van der Waals surface area (Å²) in [5.74, 6) is 0.199. The molecule has 0 spiro atoms. The van der Waals surface area contributed by atoms with E-state index in [4.69, 9.17) is 0 Å². The number of para-hydroxylation sites is 1. The van der Waals surface area contributed by atoms with Crippen molar-refractivity contribution >= 4 is 11.6 Å². The molecule has 0 aromatic heterocycles. The smallest absolute Gasteiger partial charge is 0.285 e. The summed E-state index contributed by atoms with van der Waals surface area (Å²) in [5.41, 5.74) is 3.61. The molecule has 23 heavy (non-hydrogen) atoms. The summed E-state index contributed by atoms with van der Waals surface area (Å²) >= 11 is 0. The van der Waals surface area contributed by atoms with E-state index in [1.54, 1.807) is 0 Å². The summed E-state index contributed by atoms with van der Waals surface area (Å²) in [5, 5.41) is 2.16. The zero-order valence-electron chi connectivity index (χ0n) is 14.1. The van der Waals surface area contributed by atoms with Crippen LogP contribution in [0.25, 0.3) is 0 Å². The third-order valence-electron chi connectivity index (χ3n) is 4.74. The van der Waals surface area contributed by atoms with Crippen molar-refractivity contribution in [2.45, 2.75) is 45.3 Å². The minimum Gasteiger partial charge on any atom is -0.330 e. The SMILES string of the molecule is C[C@H]([NH2+][C@@H](C)c1ccccc1)C(=O)N1c2ccccc2C[C@@H]1C. The van der Waals surface area contributed by atoms with Gasteiger partial charge in [-0.1, -0.05) is 48.5 Å². The van der Waals surface area contributed by atoms with Gasteiger partial charge in [-0.05, 0) is 38.8 Å². The van der Waals surface area contributed by atoms with Crippen LogP contribution in [0.1, 0.15) is 37.9 Å². The molecule has 1 aliphatic rings. The van der Waals surface area contributed by atoms with Gasteiger partial charge in [-0.3, -0.25) is 4.79 Å². The average Bonchev–Trinajstić information content (AvgIpc) is 2.90. The van der Waals surface area contributed by atoms with Gasteiger partial charge in [0.1, 0.15) is 6.04 Å². The number of anilines is 1. The van der Waals surface area contributed by atoms with Crippen molar-refractivity contribution in [2.75, 3.05) is 4.90 Å². The van der Waals surface area contributed by atoms with Crippen LogP contribution in [-0.4, -0.2) is 18.0 Å². The fourth-order valence-corrected chi connectivity index (χ4v) is 3.50. The van der Waals surface area contributed by atoms with E-state index in [2.05, 4.69) is 43.4 Å². The molecule has 2 aromatic carbocycles. The Kier molecular flexibility index (Phi) is 4.49. The summed E-state index contributed by atoms with van der Waals surface area (Å²) in [7, 11) is 0. The molecule has 0 radical (unpaired) electrons. The first kappa shape index (κ1) is 15.8. The number of quaternary nitrogens is 1. The molecule has 3 rings (SSSR count). The second kappa shape index (κ2) is 6.55. The molecule has 2 aromatic rings. The maximum absolute atomic E-state index is 13.0. The molecule has 3 heteroatoms. The molecule has 0 unspecified atom stereocenters. The van der Waals surface area contributed by atoms with Crippen molar-refractivity contribution in [3.63, 3.8) is 0 Å². The topological polar surface area (TPSA) is 36.9 Å². The normalized spacial score (nSPS) is 19.3. The van der Waals surface area contributed by atoms with E-state index in [-0.39, 0.29) is 24.0 Å². The molecular weight excluding hydrogens is 284 g/mol. The monoisotopic (exact) mass is 309 g/mol. The first-order valence-electron chi connectivity index (χ1n) is 8.39. The Balaban J connectivity index is 1.73.